The first kappa shape index (κ1) is 25.0. The molecule has 0 radical (unpaired) electrons. The molecule has 2 amide bonds. The second kappa shape index (κ2) is 12.0. The van der Waals surface area contributed by atoms with Crippen molar-refractivity contribution >= 4 is 35.3 Å². The van der Waals surface area contributed by atoms with Crippen molar-refractivity contribution in [3.63, 3.8) is 0 Å². The topological polar surface area (TPSA) is 94.0 Å². The van der Waals surface area contributed by atoms with Gasteiger partial charge in [-0.3, -0.25) is 14.5 Å². The van der Waals surface area contributed by atoms with Crippen LogP contribution in [0.1, 0.15) is 31.8 Å². The van der Waals surface area contributed by atoms with Crippen LogP contribution in [-0.2, 0) is 6.54 Å². The lowest BCUT2D eigenvalue weighted by Gasteiger charge is -2.15. The van der Waals surface area contributed by atoms with Crippen molar-refractivity contribution in [2.75, 3.05) is 25.5 Å². The Balaban J connectivity index is 1.68. The maximum atomic E-state index is 13.0. The molecule has 0 aliphatic heterocycles. The lowest BCUT2D eigenvalue weighted by atomic mass is 10.1. The molecule has 3 rings (SSSR count). The monoisotopic (exact) mass is 482 g/mol. The van der Waals surface area contributed by atoms with E-state index >= 15 is 0 Å². The fourth-order valence-electron chi connectivity index (χ4n) is 3.11. The van der Waals surface area contributed by atoms with Crippen molar-refractivity contribution in [3.05, 3.63) is 99.8 Å². The first-order valence-electron chi connectivity index (χ1n) is 10.4. The minimum Gasteiger partial charge on any atom is -0.395 e. The number of amides is 2. The van der Waals surface area contributed by atoms with Crippen LogP contribution >= 0.6 is 11.6 Å². The molecule has 0 aliphatic rings. The van der Waals surface area contributed by atoms with Crippen LogP contribution in [0.4, 0.5) is 10.1 Å². The van der Waals surface area contributed by atoms with E-state index in [9.17, 15) is 14.0 Å². The van der Waals surface area contributed by atoms with Gasteiger partial charge in [-0.1, -0.05) is 35.9 Å². The highest BCUT2D eigenvalue weighted by Crippen LogP contribution is 2.22. The summed E-state index contributed by atoms with van der Waals surface area (Å²) >= 11 is 6.05. The third-order valence-corrected chi connectivity index (χ3v) is 5.11. The van der Waals surface area contributed by atoms with Crippen LogP contribution in [0.3, 0.4) is 0 Å². The number of hydrazone groups is 1. The van der Waals surface area contributed by atoms with E-state index in [2.05, 4.69) is 15.8 Å². The van der Waals surface area contributed by atoms with E-state index < -0.39 is 5.91 Å². The number of hydrogen-bond donors (Lipinski definition) is 3. The number of anilines is 1. The highest BCUT2D eigenvalue weighted by molar-refractivity contribution is 6.31. The van der Waals surface area contributed by atoms with Crippen molar-refractivity contribution in [1.82, 2.24) is 10.3 Å². The number of hydrogen-bond acceptors (Lipinski definition) is 5. The summed E-state index contributed by atoms with van der Waals surface area (Å²) in [5.41, 5.74) is 4.82. The third-order valence-electron chi connectivity index (χ3n) is 4.87. The molecule has 0 aliphatic carbocycles. The van der Waals surface area contributed by atoms with Crippen LogP contribution in [0.25, 0.3) is 0 Å². The molecule has 3 N–H and O–H groups in total. The zero-order valence-corrected chi connectivity index (χ0v) is 19.2. The Bertz CT molecular complexity index is 1170. The van der Waals surface area contributed by atoms with Crippen LogP contribution < -0.4 is 10.7 Å². The quantitative estimate of drug-likeness (QED) is 0.318. The summed E-state index contributed by atoms with van der Waals surface area (Å²) in [7, 11) is 1.90. The van der Waals surface area contributed by atoms with E-state index in [1.165, 1.54) is 42.6 Å². The Kier molecular flexibility index (Phi) is 8.86. The average Bonchev–Trinajstić information content (AvgIpc) is 2.82. The first-order chi connectivity index (χ1) is 16.4. The summed E-state index contributed by atoms with van der Waals surface area (Å²) in [5, 5.41) is 15.9. The number of aliphatic hydroxyl groups excluding tert-OH is 1. The smallest absolute Gasteiger partial charge is 0.273 e. The molecule has 0 saturated heterocycles. The Morgan fingerprint density at radius 3 is 2.44 bits per heavy atom. The van der Waals surface area contributed by atoms with Gasteiger partial charge in [0.05, 0.1) is 24.1 Å². The molecule has 0 unspecified atom stereocenters. The number of carbonyl (C=O) groups excluding carboxylic acids is 2. The Hall–Kier alpha value is -3.59. The zero-order chi connectivity index (χ0) is 24.5. The normalized spacial score (nSPS) is 11.1. The number of halogens is 2. The molecule has 176 valence electrons. The van der Waals surface area contributed by atoms with Crippen LogP contribution in [0.5, 0.6) is 0 Å². The second-order valence-electron chi connectivity index (χ2n) is 7.55. The Morgan fingerprint density at radius 2 is 1.76 bits per heavy atom. The first-order valence-corrected chi connectivity index (χ1v) is 10.8. The fraction of sp³-hybridized carbons (Fsp3) is 0.160. The third kappa shape index (κ3) is 7.21. The molecule has 34 heavy (non-hydrogen) atoms. The molecular formula is C25H24ClFN4O3. The molecule has 3 aromatic carbocycles. The van der Waals surface area contributed by atoms with Gasteiger partial charge >= 0.3 is 0 Å². The number of nitrogens with one attached hydrogen (secondary N) is 2. The summed E-state index contributed by atoms with van der Waals surface area (Å²) in [6.45, 7) is 1.27. The van der Waals surface area contributed by atoms with Gasteiger partial charge in [0, 0.05) is 23.7 Å². The van der Waals surface area contributed by atoms with Gasteiger partial charge in [-0.05, 0) is 60.6 Å². The minimum atomic E-state index is -0.571. The van der Waals surface area contributed by atoms with Crippen molar-refractivity contribution < 1.29 is 19.1 Å². The Morgan fingerprint density at radius 1 is 1.06 bits per heavy atom. The standard InChI is InChI=1S/C25H24ClFN4O3/c1-31(12-13-32)16-18-2-6-19(7-3-18)24(33)29-23-11-8-20(26)14-22(23)25(34)30-28-15-17-4-9-21(27)10-5-17/h2-11,14-15,32H,12-13,16H2,1H3,(H,29,33)(H,30,34)/b28-15+. The molecule has 0 aromatic heterocycles. The number of rotatable bonds is 9. The number of aliphatic hydroxyl groups is 1. The van der Waals surface area contributed by atoms with Gasteiger partial charge in [0.2, 0.25) is 0 Å². The highest BCUT2D eigenvalue weighted by Gasteiger charge is 2.15. The largest absolute Gasteiger partial charge is 0.395 e. The number of benzene rings is 3. The summed E-state index contributed by atoms with van der Waals surface area (Å²) in [6, 6.07) is 17.2. The molecule has 0 spiro atoms. The predicted molar refractivity (Wildman–Crippen MR) is 131 cm³/mol. The summed E-state index contributed by atoms with van der Waals surface area (Å²) in [4.78, 5) is 27.4. The maximum Gasteiger partial charge on any atom is 0.273 e. The van der Waals surface area contributed by atoms with Gasteiger partial charge in [-0.2, -0.15) is 5.10 Å². The van der Waals surface area contributed by atoms with Gasteiger partial charge in [-0.15, -0.1) is 0 Å². The fourth-order valence-corrected chi connectivity index (χ4v) is 3.28. The highest BCUT2D eigenvalue weighted by atomic mass is 35.5. The van der Waals surface area contributed by atoms with E-state index in [0.717, 1.165) is 5.56 Å². The maximum absolute atomic E-state index is 13.0. The van der Waals surface area contributed by atoms with E-state index in [1.807, 2.05) is 24.1 Å². The molecule has 0 bridgehead atoms. The van der Waals surface area contributed by atoms with E-state index in [1.54, 1.807) is 18.2 Å². The number of likely N-dealkylation sites (N-methyl/N-ethyl adjacent to an activating group) is 1. The van der Waals surface area contributed by atoms with E-state index in [-0.39, 0.29) is 29.6 Å². The van der Waals surface area contributed by atoms with Gasteiger partial charge in [-0.25, -0.2) is 9.82 Å². The van der Waals surface area contributed by atoms with E-state index in [0.29, 0.717) is 29.2 Å². The molecule has 3 aromatic rings. The lowest BCUT2D eigenvalue weighted by Crippen LogP contribution is -2.22. The summed E-state index contributed by atoms with van der Waals surface area (Å²) in [6.07, 6.45) is 1.37. The van der Waals surface area contributed by atoms with Gasteiger partial charge < -0.3 is 10.4 Å². The summed E-state index contributed by atoms with van der Waals surface area (Å²) < 4.78 is 13.0. The summed E-state index contributed by atoms with van der Waals surface area (Å²) in [5.74, 6) is -1.33. The molecular weight excluding hydrogens is 459 g/mol. The average molecular weight is 483 g/mol. The van der Waals surface area contributed by atoms with Crippen LogP contribution in [0.15, 0.2) is 71.8 Å². The predicted octanol–water partition coefficient (Wildman–Crippen LogP) is 3.92. The Labute approximate surface area is 201 Å². The van der Waals surface area contributed by atoms with E-state index in [4.69, 9.17) is 16.7 Å². The molecule has 0 saturated carbocycles. The minimum absolute atomic E-state index is 0.0749. The molecule has 7 nitrogen and oxygen atoms in total. The molecule has 9 heteroatoms. The molecule has 0 atom stereocenters. The van der Waals surface area contributed by atoms with Crippen LogP contribution in [-0.4, -0.2) is 48.2 Å². The number of nitrogens with zero attached hydrogens (tertiary/aromatic N) is 2. The van der Waals surface area contributed by atoms with Crippen LogP contribution in [0.2, 0.25) is 5.02 Å². The lowest BCUT2D eigenvalue weighted by molar-refractivity contribution is 0.0956. The van der Waals surface area contributed by atoms with Gasteiger partial charge in [0.1, 0.15) is 5.82 Å². The zero-order valence-electron chi connectivity index (χ0n) is 18.5. The molecule has 0 fully saturated rings. The van der Waals surface area contributed by atoms with Crippen molar-refractivity contribution in [3.8, 4) is 0 Å². The van der Waals surface area contributed by atoms with Crippen LogP contribution in [0, 0.1) is 5.82 Å². The number of carbonyl (C=O) groups is 2. The van der Waals surface area contributed by atoms with Crippen molar-refractivity contribution in [2.24, 2.45) is 5.10 Å². The van der Waals surface area contributed by atoms with Gasteiger partial charge in [0.15, 0.2) is 0 Å². The second-order valence-corrected chi connectivity index (χ2v) is 7.99. The van der Waals surface area contributed by atoms with Gasteiger partial charge in [0.25, 0.3) is 11.8 Å². The van der Waals surface area contributed by atoms with Crippen molar-refractivity contribution in [2.45, 2.75) is 6.54 Å². The molecule has 0 heterocycles. The van der Waals surface area contributed by atoms with Crippen molar-refractivity contribution in [1.29, 1.82) is 0 Å². The SMILES string of the molecule is CN(CCO)Cc1ccc(C(=O)Nc2ccc(Cl)cc2C(=O)N/N=C/c2ccc(F)cc2)cc1.